The summed E-state index contributed by atoms with van der Waals surface area (Å²) in [6.07, 6.45) is 7.59. The number of aromatic nitrogens is 3. The van der Waals surface area contributed by atoms with Gasteiger partial charge in [0.05, 0.1) is 0 Å². The molecule has 7 heterocycles. The number of para-hydroxylation sites is 2. The molecule has 0 unspecified atom stereocenters. The predicted molar refractivity (Wildman–Crippen MR) is 353 cm³/mol. The van der Waals surface area contributed by atoms with E-state index in [1.54, 1.807) is 0 Å². The molecule has 15 aromatic rings. The third-order valence-electron chi connectivity index (χ3n) is 16.9. The molecule has 2 aliphatic rings. The first-order chi connectivity index (χ1) is 41.9. The fourth-order valence-corrected chi connectivity index (χ4v) is 18.7. The minimum absolute atomic E-state index is 0.0351. The van der Waals surface area contributed by atoms with E-state index in [9.17, 15) is 4.11 Å². The molecule has 5 aromatic heterocycles. The van der Waals surface area contributed by atoms with E-state index >= 15 is 0 Å². The molecule has 0 atom stereocenters. The average Bonchev–Trinajstić information content (AvgIpc) is 1.00. The second-order valence-corrected chi connectivity index (χ2v) is 27.9. The van der Waals surface area contributed by atoms with E-state index in [0.717, 1.165) is 83.7 Å². The first-order valence-electron chi connectivity index (χ1n) is 29.7. The number of rotatable bonds is 6. The zero-order chi connectivity index (χ0) is 57.9. The number of fused-ring (bicyclic) bond motifs is 13. The van der Waals surface area contributed by atoms with Crippen LogP contribution in [0.15, 0.2) is 243 Å². The quantitative estimate of drug-likeness (QED) is 0.156. The maximum absolute atomic E-state index is 9.82. The van der Waals surface area contributed by atoms with Gasteiger partial charge in [0.1, 0.15) is 0 Å². The van der Waals surface area contributed by atoms with Crippen LogP contribution in [0.5, 0.6) is 0 Å². The Morgan fingerprint density at radius 1 is 0.463 bits per heavy atom. The topological polar surface area (TPSA) is 34.0 Å². The van der Waals surface area contributed by atoms with Gasteiger partial charge in [0.25, 0.3) is 0 Å². The number of pyridine rings is 2. The maximum atomic E-state index is 9.82. The van der Waals surface area contributed by atoms with Crippen LogP contribution in [0, 0.1) is 0 Å². The Labute approximate surface area is 499 Å². The van der Waals surface area contributed by atoms with Crippen LogP contribution in [0.4, 0.5) is 17.1 Å². The molecule has 4 nitrogen and oxygen atoms in total. The van der Waals surface area contributed by atoms with Crippen LogP contribution in [0.2, 0.25) is 0 Å². The van der Waals surface area contributed by atoms with E-state index in [-0.39, 0.29) is 36.3 Å². The molecule has 10 aromatic carbocycles. The summed E-state index contributed by atoms with van der Waals surface area (Å²) in [5.74, 6) is 0. The molecule has 0 spiro atoms. The van der Waals surface area contributed by atoms with Crippen LogP contribution in [-0.4, -0.2) is 42.2 Å². The monoisotopic (exact) mass is 1200 g/mol. The van der Waals surface area contributed by atoms with Crippen molar-refractivity contribution in [2.45, 2.75) is 26.2 Å². The van der Waals surface area contributed by atoms with E-state index in [1.807, 2.05) is 59.6 Å². The van der Waals surface area contributed by atoms with E-state index in [1.165, 1.54) is 64.0 Å². The Bertz CT molecular complexity index is 5270. The van der Waals surface area contributed by atoms with Gasteiger partial charge in [0.15, 0.2) is 0 Å². The second-order valence-electron chi connectivity index (χ2n) is 22.6. The number of thiophene rings is 2. The molecular weight excluding hydrogens is 1150 g/mol. The molecule has 0 bridgehead atoms. The standard InChI is InChI=1S/C74H49BN4S2Te/c1-74(2,3)50-27-31-63-59(39-50)54-15-4-7-20-62(54)78(63)51-40-65-72-71(41-51)82-70-32-26-45(49-14-12-34-77-43-49)36-61(70)75(72)60-35-44(48-13-11-33-76-42-48)25-30-64(60)79(65)73-52(46-23-28-57-55-16-5-8-21-66(55)80-68(57)37-46)18-10-19-53(73)47-24-29-58-56-17-6-9-22-67(56)81-69(58)38-47/h4-43H,1-3H3/i4D,7D,15D,20D. The average molecular weight is 1200 g/mol. The van der Waals surface area contributed by atoms with Crippen molar-refractivity contribution in [3.05, 3.63) is 249 Å². The van der Waals surface area contributed by atoms with Gasteiger partial charge in [-0.1, -0.05) is 24.3 Å². The Morgan fingerprint density at radius 3 is 1.74 bits per heavy atom. The number of anilines is 3. The summed E-state index contributed by atoms with van der Waals surface area (Å²) in [7, 11) is 0. The van der Waals surface area contributed by atoms with Gasteiger partial charge in [0, 0.05) is 0 Å². The molecule has 0 amide bonds. The van der Waals surface area contributed by atoms with E-state index < -0.39 is 20.9 Å². The van der Waals surface area contributed by atoms with Crippen molar-refractivity contribution in [1.29, 1.82) is 0 Å². The number of hydrogen-bond acceptors (Lipinski definition) is 5. The van der Waals surface area contributed by atoms with Gasteiger partial charge in [-0.2, -0.15) is 0 Å². The summed E-state index contributed by atoms with van der Waals surface area (Å²) in [5, 5.41) is 6.33. The summed E-state index contributed by atoms with van der Waals surface area (Å²) in [4.78, 5) is 11.8. The molecular formula is C74H49BN4S2Te. The third-order valence-corrected chi connectivity index (χ3v) is 22.5. The summed E-state index contributed by atoms with van der Waals surface area (Å²) >= 11 is 2.53. The summed E-state index contributed by atoms with van der Waals surface area (Å²) in [6.45, 7) is 6.38. The van der Waals surface area contributed by atoms with Gasteiger partial charge in [-0.3, -0.25) is 0 Å². The van der Waals surface area contributed by atoms with Crippen molar-refractivity contribution in [1.82, 2.24) is 14.5 Å². The molecule has 0 saturated carbocycles. The van der Waals surface area contributed by atoms with E-state index in [0.29, 0.717) is 10.9 Å². The van der Waals surface area contributed by atoms with E-state index in [2.05, 4.69) is 222 Å². The number of benzene rings is 10. The fraction of sp³-hybridized carbons (Fsp3) is 0.0541. The summed E-state index contributed by atoms with van der Waals surface area (Å²) in [6, 6.07) is 71.2. The van der Waals surface area contributed by atoms with Crippen molar-refractivity contribution in [3.63, 3.8) is 0 Å². The Balaban J connectivity index is 1.02. The Morgan fingerprint density at radius 2 is 1.09 bits per heavy atom. The molecule has 8 heteroatoms. The number of nitrogens with zero attached hydrogens (tertiary/aromatic N) is 4. The van der Waals surface area contributed by atoms with Crippen LogP contribution in [0.25, 0.3) is 112 Å². The summed E-state index contributed by atoms with van der Waals surface area (Å²) in [5.41, 5.74) is 18.6. The Hall–Kier alpha value is -8.61. The molecule has 17 rings (SSSR count). The molecule has 0 radical (unpaired) electrons. The van der Waals surface area contributed by atoms with Crippen LogP contribution in [-0.2, 0) is 5.41 Å². The molecule has 2 aliphatic heterocycles. The van der Waals surface area contributed by atoms with Gasteiger partial charge < -0.3 is 0 Å². The molecule has 386 valence electrons. The van der Waals surface area contributed by atoms with Crippen LogP contribution in [0.1, 0.15) is 31.8 Å². The van der Waals surface area contributed by atoms with Gasteiger partial charge in [0.2, 0.25) is 0 Å². The molecule has 0 aliphatic carbocycles. The van der Waals surface area contributed by atoms with Crippen LogP contribution in [0.3, 0.4) is 0 Å². The van der Waals surface area contributed by atoms with Gasteiger partial charge >= 0.3 is 479 Å². The second kappa shape index (κ2) is 18.5. The van der Waals surface area contributed by atoms with Crippen molar-refractivity contribution in [3.8, 4) is 50.2 Å². The first-order valence-corrected chi connectivity index (χ1v) is 31.7. The molecule has 0 saturated heterocycles. The SMILES string of the molecule is [2H]c1c([2H])c([2H])c2c(c1[2H])c1cc(C(C)(C)C)ccc1n2-c1cc2c3c(c1)N(c1c(-c4ccc5c(c4)sc4ccccc45)cccc1-c1ccc4c(c1)sc1ccccc14)c1ccc(-c4cccnc4)cc1B3c1cc(-c3cccnc3)ccc1[Te]2. The third kappa shape index (κ3) is 7.49. The zero-order valence-electron chi connectivity index (χ0n) is 48.9. The van der Waals surface area contributed by atoms with Crippen LogP contribution >= 0.6 is 22.7 Å². The minimum atomic E-state index is -1.14. The fourth-order valence-electron chi connectivity index (χ4n) is 13.0. The van der Waals surface area contributed by atoms with Crippen LogP contribution < -0.4 is 28.5 Å². The zero-order valence-corrected chi connectivity index (χ0v) is 48.8. The molecule has 0 fully saturated rings. The van der Waals surface area contributed by atoms with Crippen molar-refractivity contribution in [2.24, 2.45) is 0 Å². The van der Waals surface area contributed by atoms with E-state index in [4.69, 9.17) is 1.37 Å². The molecule has 82 heavy (non-hydrogen) atoms. The molecule has 0 N–H and O–H groups in total. The normalized spacial score (nSPS) is 13.6. The van der Waals surface area contributed by atoms with Crippen molar-refractivity contribution < 1.29 is 5.48 Å². The van der Waals surface area contributed by atoms with Gasteiger partial charge in [-0.25, -0.2) is 0 Å². The first kappa shape index (κ1) is 44.1. The predicted octanol–water partition coefficient (Wildman–Crippen LogP) is 16.5. The van der Waals surface area contributed by atoms with Crippen molar-refractivity contribution >= 4 is 153 Å². The Kier molecular flexibility index (Phi) is 9.93. The number of hydrogen-bond donors (Lipinski definition) is 0. The van der Waals surface area contributed by atoms with Gasteiger partial charge in [-0.05, 0) is 0 Å². The summed E-state index contributed by atoms with van der Waals surface area (Å²) < 4.78 is 47.5. The van der Waals surface area contributed by atoms with Crippen molar-refractivity contribution in [2.75, 3.05) is 4.90 Å². The van der Waals surface area contributed by atoms with Gasteiger partial charge in [-0.15, -0.1) is 0 Å².